The first-order chi connectivity index (χ1) is 8.69. The van der Waals surface area contributed by atoms with Gasteiger partial charge in [0, 0.05) is 12.6 Å². The zero-order valence-electron chi connectivity index (χ0n) is 11.8. The highest BCUT2D eigenvalue weighted by molar-refractivity contribution is 5.14. The summed E-state index contributed by atoms with van der Waals surface area (Å²) in [5.74, 6) is 1.06. The molecular formula is C15H25NO2. The molecule has 1 saturated heterocycles. The van der Waals surface area contributed by atoms with Gasteiger partial charge in [-0.2, -0.15) is 0 Å². The van der Waals surface area contributed by atoms with Gasteiger partial charge in [0.05, 0.1) is 18.4 Å². The number of hydrogen-bond donors (Lipinski definition) is 1. The summed E-state index contributed by atoms with van der Waals surface area (Å²) in [6.07, 6.45) is 6.17. The summed E-state index contributed by atoms with van der Waals surface area (Å²) in [4.78, 5) is 0. The van der Waals surface area contributed by atoms with Crippen LogP contribution in [0.2, 0.25) is 0 Å². The van der Waals surface area contributed by atoms with E-state index in [9.17, 15) is 0 Å². The highest BCUT2D eigenvalue weighted by Crippen LogP contribution is 2.31. The normalized spacial score (nSPS) is 23.2. The summed E-state index contributed by atoms with van der Waals surface area (Å²) in [6, 6.07) is 2.56. The van der Waals surface area contributed by atoms with Crippen molar-refractivity contribution in [2.24, 2.45) is 0 Å². The number of furan rings is 1. The first kappa shape index (κ1) is 13.6. The number of aryl methyl sites for hydroxylation is 1. The summed E-state index contributed by atoms with van der Waals surface area (Å²) >= 11 is 0. The molecule has 3 heteroatoms. The molecule has 2 heterocycles. The number of ether oxygens (including phenoxy) is 1. The minimum absolute atomic E-state index is 0.0914. The van der Waals surface area contributed by atoms with E-state index in [4.69, 9.17) is 9.15 Å². The van der Waals surface area contributed by atoms with Gasteiger partial charge in [-0.15, -0.1) is 0 Å². The standard InChI is InChI=1S/C15H25NO2/c1-4-15(5-2)10-13(7-9-18-15)16-11-14-12(3)6-8-17-14/h6,8,13,16H,4-5,7,9-11H2,1-3H3. The molecule has 1 fully saturated rings. The van der Waals surface area contributed by atoms with E-state index < -0.39 is 0 Å². The molecule has 1 aromatic rings. The van der Waals surface area contributed by atoms with Crippen LogP contribution in [0.15, 0.2) is 16.7 Å². The Kier molecular flexibility index (Phi) is 4.46. The van der Waals surface area contributed by atoms with Gasteiger partial charge in [-0.1, -0.05) is 13.8 Å². The van der Waals surface area contributed by atoms with E-state index in [0.717, 1.165) is 44.6 Å². The molecule has 0 bridgehead atoms. The molecule has 1 aliphatic heterocycles. The molecule has 0 aliphatic carbocycles. The fraction of sp³-hybridized carbons (Fsp3) is 0.733. The van der Waals surface area contributed by atoms with E-state index >= 15 is 0 Å². The highest BCUT2D eigenvalue weighted by Gasteiger charge is 2.34. The van der Waals surface area contributed by atoms with E-state index in [1.807, 2.05) is 6.07 Å². The van der Waals surface area contributed by atoms with Crippen molar-refractivity contribution in [2.75, 3.05) is 6.61 Å². The fourth-order valence-corrected chi connectivity index (χ4v) is 2.77. The highest BCUT2D eigenvalue weighted by atomic mass is 16.5. The summed E-state index contributed by atoms with van der Waals surface area (Å²) in [5, 5.41) is 3.61. The van der Waals surface area contributed by atoms with Crippen LogP contribution < -0.4 is 5.32 Å². The third kappa shape index (κ3) is 2.96. The van der Waals surface area contributed by atoms with Crippen LogP contribution in [0.1, 0.15) is 50.9 Å². The monoisotopic (exact) mass is 251 g/mol. The van der Waals surface area contributed by atoms with Gasteiger partial charge in [0.15, 0.2) is 0 Å². The van der Waals surface area contributed by atoms with E-state index in [0.29, 0.717) is 6.04 Å². The Labute approximate surface area is 110 Å². The van der Waals surface area contributed by atoms with Gasteiger partial charge >= 0.3 is 0 Å². The minimum Gasteiger partial charge on any atom is -0.468 e. The summed E-state index contributed by atoms with van der Waals surface area (Å²) in [6.45, 7) is 8.24. The molecule has 1 unspecified atom stereocenters. The van der Waals surface area contributed by atoms with Crippen LogP contribution >= 0.6 is 0 Å². The SMILES string of the molecule is CCC1(CC)CC(NCc2occc2C)CCO1. The molecule has 3 nitrogen and oxygen atoms in total. The number of hydrogen-bond acceptors (Lipinski definition) is 3. The molecule has 0 saturated carbocycles. The van der Waals surface area contributed by atoms with E-state index in [1.165, 1.54) is 5.56 Å². The molecule has 1 N–H and O–H groups in total. The quantitative estimate of drug-likeness (QED) is 0.870. The predicted octanol–water partition coefficient (Wildman–Crippen LogP) is 3.42. The largest absolute Gasteiger partial charge is 0.468 e. The predicted molar refractivity (Wildman–Crippen MR) is 72.6 cm³/mol. The van der Waals surface area contributed by atoms with Crippen molar-refractivity contribution in [3.63, 3.8) is 0 Å². The van der Waals surface area contributed by atoms with Crippen LogP contribution in [-0.2, 0) is 11.3 Å². The Morgan fingerprint density at radius 2 is 2.17 bits per heavy atom. The lowest BCUT2D eigenvalue weighted by Gasteiger charge is -2.40. The zero-order valence-corrected chi connectivity index (χ0v) is 11.8. The average molecular weight is 251 g/mol. The summed E-state index contributed by atoms with van der Waals surface area (Å²) in [5.41, 5.74) is 1.32. The van der Waals surface area contributed by atoms with Crippen LogP contribution in [0.25, 0.3) is 0 Å². The smallest absolute Gasteiger partial charge is 0.120 e. The van der Waals surface area contributed by atoms with Gasteiger partial charge in [0.25, 0.3) is 0 Å². The van der Waals surface area contributed by atoms with Crippen molar-refractivity contribution in [1.29, 1.82) is 0 Å². The van der Waals surface area contributed by atoms with Gasteiger partial charge in [-0.3, -0.25) is 0 Å². The van der Waals surface area contributed by atoms with Crippen molar-refractivity contribution in [3.8, 4) is 0 Å². The van der Waals surface area contributed by atoms with Crippen LogP contribution in [-0.4, -0.2) is 18.2 Å². The van der Waals surface area contributed by atoms with Crippen LogP contribution in [0.5, 0.6) is 0 Å². The molecule has 102 valence electrons. The lowest BCUT2D eigenvalue weighted by molar-refractivity contribution is -0.0933. The molecular weight excluding hydrogens is 226 g/mol. The molecule has 1 atom stereocenters. The van der Waals surface area contributed by atoms with E-state index in [1.54, 1.807) is 6.26 Å². The van der Waals surface area contributed by atoms with Crippen molar-refractivity contribution in [1.82, 2.24) is 5.32 Å². The van der Waals surface area contributed by atoms with Crippen LogP contribution in [0.4, 0.5) is 0 Å². The lowest BCUT2D eigenvalue weighted by Crippen LogP contribution is -2.46. The second-order valence-electron chi connectivity index (χ2n) is 5.34. The first-order valence-electron chi connectivity index (χ1n) is 7.09. The second-order valence-corrected chi connectivity index (χ2v) is 5.34. The van der Waals surface area contributed by atoms with E-state index in [-0.39, 0.29) is 5.60 Å². The van der Waals surface area contributed by atoms with E-state index in [2.05, 4.69) is 26.1 Å². The van der Waals surface area contributed by atoms with Crippen molar-refractivity contribution in [3.05, 3.63) is 23.7 Å². The van der Waals surface area contributed by atoms with Gasteiger partial charge in [-0.25, -0.2) is 0 Å². The molecule has 1 aliphatic rings. The molecule has 0 amide bonds. The molecule has 1 aromatic heterocycles. The van der Waals surface area contributed by atoms with Crippen LogP contribution in [0.3, 0.4) is 0 Å². The molecule has 2 rings (SSSR count). The van der Waals surface area contributed by atoms with Crippen molar-refractivity contribution >= 4 is 0 Å². The minimum atomic E-state index is 0.0914. The maximum atomic E-state index is 5.99. The van der Waals surface area contributed by atoms with Gasteiger partial charge < -0.3 is 14.5 Å². The Morgan fingerprint density at radius 3 is 2.78 bits per heavy atom. The number of rotatable bonds is 5. The van der Waals surface area contributed by atoms with Crippen LogP contribution in [0, 0.1) is 6.92 Å². The molecule has 0 spiro atoms. The second kappa shape index (κ2) is 5.89. The molecule has 0 aromatic carbocycles. The Hall–Kier alpha value is -0.800. The Morgan fingerprint density at radius 1 is 1.39 bits per heavy atom. The molecule has 18 heavy (non-hydrogen) atoms. The topological polar surface area (TPSA) is 34.4 Å². The molecule has 0 radical (unpaired) electrons. The summed E-state index contributed by atoms with van der Waals surface area (Å²) in [7, 11) is 0. The zero-order chi connectivity index (χ0) is 13.0. The van der Waals surface area contributed by atoms with Crippen molar-refractivity contribution in [2.45, 2.75) is 64.6 Å². The third-order valence-electron chi connectivity index (χ3n) is 4.30. The Bertz CT molecular complexity index is 368. The lowest BCUT2D eigenvalue weighted by atomic mass is 9.86. The maximum absolute atomic E-state index is 5.99. The average Bonchev–Trinajstić information content (AvgIpc) is 2.82. The third-order valence-corrected chi connectivity index (χ3v) is 4.30. The van der Waals surface area contributed by atoms with Crippen molar-refractivity contribution < 1.29 is 9.15 Å². The summed E-state index contributed by atoms with van der Waals surface area (Å²) < 4.78 is 11.5. The maximum Gasteiger partial charge on any atom is 0.120 e. The van der Waals surface area contributed by atoms with Gasteiger partial charge in [0.1, 0.15) is 5.76 Å². The number of nitrogens with one attached hydrogen (secondary N) is 1. The fourth-order valence-electron chi connectivity index (χ4n) is 2.77. The Balaban J connectivity index is 1.88. The van der Waals surface area contributed by atoms with Gasteiger partial charge in [-0.05, 0) is 44.2 Å². The van der Waals surface area contributed by atoms with Gasteiger partial charge in [0.2, 0.25) is 0 Å². The first-order valence-corrected chi connectivity index (χ1v) is 7.09.